The van der Waals surface area contributed by atoms with Gasteiger partial charge in [0.2, 0.25) is 0 Å². The van der Waals surface area contributed by atoms with Gasteiger partial charge >= 0.3 is 0 Å². The van der Waals surface area contributed by atoms with Crippen LogP contribution in [0.3, 0.4) is 0 Å². The molecule has 3 nitrogen and oxygen atoms in total. The quantitative estimate of drug-likeness (QED) is 0.566. The smallest absolute Gasteiger partial charge is 0.171 e. The van der Waals surface area contributed by atoms with E-state index in [1.165, 1.54) is 0 Å². The van der Waals surface area contributed by atoms with Gasteiger partial charge in [-0.1, -0.05) is 30.3 Å². The van der Waals surface area contributed by atoms with Crippen LogP contribution in [0.1, 0.15) is 11.6 Å². The maximum Gasteiger partial charge on any atom is 0.171 e. The van der Waals surface area contributed by atoms with Gasteiger partial charge in [0.15, 0.2) is 6.29 Å². The van der Waals surface area contributed by atoms with E-state index in [4.69, 9.17) is 10.2 Å². The minimum atomic E-state index is -1.36. The van der Waals surface area contributed by atoms with E-state index in [2.05, 4.69) is 5.32 Å². The highest BCUT2D eigenvalue weighted by atomic mass is 16.5. The Hall–Kier alpha value is -0.900. The first-order valence-electron chi connectivity index (χ1n) is 3.84. The molecule has 3 heteroatoms. The van der Waals surface area contributed by atoms with Crippen molar-refractivity contribution >= 4 is 0 Å². The van der Waals surface area contributed by atoms with Crippen molar-refractivity contribution in [2.45, 2.75) is 12.3 Å². The topological polar surface area (TPSA) is 52.5 Å². The van der Waals surface area contributed by atoms with Crippen LogP contribution in [-0.2, 0) is 0 Å². The van der Waals surface area contributed by atoms with Crippen molar-refractivity contribution in [3.63, 3.8) is 0 Å². The van der Waals surface area contributed by atoms with Crippen molar-refractivity contribution in [1.29, 1.82) is 0 Å². The number of likely N-dealkylation sites (N-methyl/N-ethyl adjacent to an activating group) is 1. The molecule has 1 aromatic rings. The molecule has 1 atom stereocenters. The zero-order valence-corrected chi connectivity index (χ0v) is 6.94. The van der Waals surface area contributed by atoms with Crippen LogP contribution in [0.4, 0.5) is 0 Å². The van der Waals surface area contributed by atoms with E-state index in [0.29, 0.717) is 0 Å². The first kappa shape index (κ1) is 9.19. The van der Waals surface area contributed by atoms with Gasteiger partial charge in [-0.05, 0) is 12.6 Å². The molecular weight excluding hydrogens is 154 g/mol. The van der Waals surface area contributed by atoms with E-state index in [1.807, 2.05) is 30.3 Å². The maximum absolute atomic E-state index is 8.96. The number of aliphatic hydroxyl groups is 2. The normalized spacial score (nSPS) is 13.3. The molecule has 1 aromatic carbocycles. The summed E-state index contributed by atoms with van der Waals surface area (Å²) < 4.78 is 0. The Bertz CT molecular complexity index is 223. The molecule has 12 heavy (non-hydrogen) atoms. The summed E-state index contributed by atoms with van der Waals surface area (Å²) in [6.45, 7) is 0. The lowest BCUT2D eigenvalue weighted by atomic mass is 10.1. The van der Waals surface area contributed by atoms with Crippen LogP contribution in [0.5, 0.6) is 0 Å². The lowest BCUT2D eigenvalue weighted by Crippen LogP contribution is -2.28. The molecule has 3 N–H and O–H groups in total. The molecule has 66 valence electrons. The van der Waals surface area contributed by atoms with Crippen LogP contribution in [0.25, 0.3) is 0 Å². The summed E-state index contributed by atoms with van der Waals surface area (Å²) in [4.78, 5) is 0. The van der Waals surface area contributed by atoms with Gasteiger partial charge in [-0.25, -0.2) is 0 Å². The molecule has 0 aliphatic heterocycles. The second kappa shape index (κ2) is 4.21. The van der Waals surface area contributed by atoms with Gasteiger partial charge in [0, 0.05) is 0 Å². The average molecular weight is 167 g/mol. The highest BCUT2D eigenvalue weighted by Crippen LogP contribution is 2.13. The molecule has 0 aliphatic rings. The number of hydrogen-bond donors (Lipinski definition) is 3. The van der Waals surface area contributed by atoms with E-state index in [0.717, 1.165) is 5.56 Å². The van der Waals surface area contributed by atoms with Gasteiger partial charge in [0.1, 0.15) is 0 Å². The molecule has 0 spiro atoms. The van der Waals surface area contributed by atoms with Crippen LogP contribution in [0.15, 0.2) is 30.3 Å². The number of benzene rings is 1. The van der Waals surface area contributed by atoms with Gasteiger partial charge in [0.05, 0.1) is 6.04 Å². The third-order valence-corrected chi connectivity index (χ3v) is 1.77. The molecule has 0 saturated heterocycles. The van der Waals surface area contributed by atoms with E-state index in [9.17, 15) is 0 Å². The van der Waals surface area contributed by atoms with E-state index in [-0.39, 0.29) is 0 Å². The van der Waals surface area contributed by atoms with Crippen molar-refractivity contribution in [2.24, 2.45) is 0 Å². The Morgan fingerprint density at radius 1 is 1.17 bits per heavy atom. The van der Waals surface area contributed by atoms with Gasteiger partial charge in [0.25, 0.3) is 0 Å². The van der Waals surface area contributed by atoms with E-state index < -0.39 is 12.3 Å². The second-order valence-electron chi connectivity index (χ2n) is 2.59. The second-order valence-corrected chi connectivity index (χ2v) is 2.59. The molecule has 1 rings (SSSR count). The molecular formula is C9H13NO2. The zero-order chi connectivity index (χ0) is 8.97. The molecule has 0 heterocycles. The van der Waals surface area contributed by atoms with Crippen molar-refractivity contribution in [3.05, 3.63) is 35.9 Å². The highest BCUT2D eigenvalue weighted by molar-refractivity contribution is 5.19. The summed E-state index contributed by atoms with van der Waals surface area (Å²) in [7, 11) is 1.69. The largest absolute Gasteiger partial charge is 0.366 e. The minimum absolute atomic E-state index is 0.411. The summed E-state index contributed by atoms with van der Waals surface area (Å²) in [5.74, 6) is 0. The number of nitrogens with one attached hydrogen (secondary N) is 1. The summed E-state index contributed by atoms with van der Waals surface area (Å²) in [6.07, 6.45) is -1.36. The van der Waals surface area contributed by atoms with Crippen molar-refractivity contribution in [2.75, 3.05) is 7.05 Å². The molecule has 0 bridgehead atoms. The highest BCUT2D eigenvalue weighted by Gasteiger charge is 2.15. The monoisotopic (exact) mass is 167 g/mol. The molecule has 0 radical (unpaired) electrons. The molecule has 0 aromatic heterocycles. The third-order valence-electron chi connectivity index (χ3n) is 1.77. The molecule has 1 unspecified atom stereocenters. The molecule has 0 fully saturated rings. The van der Waals surface area contributed by atoms with Crippen LogP contribution in [-0.4, -0.2) is 23.6 Å². The Labute approximate surface area is 71.7 Å². The van der Waals surface area contributed by atoms with Gasteiger partial charge in [-0.15, -0.1) is 0 Å². The fourth-order valence-corrected chi connectivity index (χ4v) is 1.15. The van der Waals surface area contributed by atoms with Crippen molar-refractivity contribution in [3.8, 4) is 0 Å². The lowest BCUT2D eigenvalue weighted by Gasteiger charge is -2.17. The SMILES string of the molecule is CNC(c1ccccc1)C(O)O. The van der Waals surface area contributed by atoms with E-state index >= 15 is 0 Å². The Balaban J connectivity index is 2.80. The summed E-state index contributed by atoms with van der Waals surface area (Å²) in [6, 6.07) is 8.90. The summed E-state index contributed by atoms with van der Waals surface area (Å²) >= 11 is 0. The molecule has 0 aliphatic carbocycles. The number of rotatable bonds is 3. The molecule has 0 amide bonds. The Morgan fingerprint density at radius 3 is 2.17 bits per heavy atom. The van der Waals surface area contributed by atoms with Crippen LogP contribution >= 0.6 is 0 Å². The molecule has 0 saturated carbocycles. The van der Waals surface area contributed by atoms with Crippen LogP contribution in [0, 0.1) is 0 Å². The predicted molar refractivity (Wildman–Crippen MR) is 46.5 cm³/mol. The first-order valence-corrected chi connectivity index (χ1v) is 3.84. The van der Waals surface area contributed by atoms with Gasteiger partial charge in [-0.2, -0.15) is 0 Å². The minimum Gasteiger partial charge on any atom is -0.366 e. The van der Waals surface area contributed by atoms with Crippen LogP contribution < -0.4 is 5.32 Å². The van der Waals surface area contributed by atoms with Crippen LogP contribution in [0.2, 0.25) is 0 Å². The van der Waals surface area contributed by atoms with Crippen molar-refractivity contribution < 1.29 is 10.2 Å². The fourth-order valence-electron chi connectivity index (χ4n) is 1.15. The average Bonchev–Trinajstić information content (AvgIpc) is 2.07. The van der Waals surface area contributed by atoms with Gasteiger partial charge in [-0.3, -0.25) is 0 Å². The standard InChI is InChI=1S/C9H13NO2/c1-10-8(9(11)12)7-5-3-2-4-6-7/h2-6,8-12H,1H3. The Morgan fingerprint density at radius 2 is 1.75 bits per heavy atom. The maximum atomic E-state index is 8.96. The van der Waals surface area contributed by atoms with E-state index in [1.54, 1.807) is 7.05 Å². The predicted octanol–water partition coefficient (Wildman–Crippen LogP) is 0.258. The van der Waals surface area contributed by atoms with Crippen molar-refractivity contribution in [1.82, 2.24) is 5.32 Å². The number of hydrogen-bond acceptors (Lipinski definition) is 3. The summed E-state index contributed by atoms with van der Waals surface area (Å²) in [5, 5.41) is 20.7. The fraction of sp³-hybridized carbons (Fsp3) is 0.333. The zero-order valence-electron chi connectivity index (χ0n) is 6.94. The number of aliphatic hydroxyl groups excluding tert-OH is 1. The third kappa shape index (κ3) is 2.04. The lowest BCUT2D eigenvalue weighted by molar-refractivity contribution is -0.0664. The first-order chi connectivity index (χ1) is 5.75. The van der Waals surface area contributed by atoms with Gasteiger partial charge < -0.3 is 15.5 Å². The Kier molecular flexibility index (Phi) is 3.22. The summed E-state index contributed by atoms with van der Waals surface area (Å²) in [5.41, 5.74) is 0.870.